The molecule has 1 heteroatoms. The largest absolute Gasteiger partial charge is 0.328 e. The molecule has 13 heavy (non-hydrogen) atoms. The van der Waals surface area contributed by atoms with Gasteiger partial charge in [-0.05, 0) is 31.1 Å². The molecule has 0 aliphatic rings. The molecule has 1 nitrogen and oxygen atoms in total. The number of nitrogens with two attached hydrogens (primary N) is 1. The second kappa shape index (κ2) is 5.64. The second-order valence-corrected chi connectivity index (χ2v) is 5.44. The molecule has 80 valence electrons. The SMILES string of the molecule is CCCC(C)CC(C)(C)CC(C)N. The molecule has 0 radical (unpaired) electrons. The van der Waals surface area contributed by atoms with Gasteiger partial charge in [0.1, 0.15) is 0 Å². The van der Waals surface area contributed by atoms with Crippen LogP contribution in [-0.4, -0.2) is 6.04 Å². The van der Waals surface area contributed by atoms with Gasteiger partial charge in [-0.3, -0.25) is 0 Å². The fraction of sp³-hybridized carbons (Fsp3) is 1.00. The highest BCUT2D eigenvalue weighted by molar-refractivity contribution is 4.75. The van der Waals surface area contributed by atoms with Crippen LogP contribution in [0.25, 0.3) is 0 Å². The lowest BCUT2D eigenvalue weighted by Crippen LogP contribution is -2.26. The molecule has 0 heterocycles. The summed E-state index contributed by atoms with van der Waals surface area (Å²) in [6.07, 6.45) is 5.10. The summed E-state index contributed by atoms with van der Waals surface area (Å²) >= 11 is 0. The van der Waals surface area contributed by atoms with Crippen LogP contribution in [-0.2, 0) is 0 Å². The van der Waals surface area contributed by atoms with Crippen molar-refractivity contribution in [2.24, 2.45) is 17.1 Å². The van der Waals surface area contributed by atoms with Crippen molar-refractivity contribution in [1.29, 1.82) is 0 Å². The molecule has 0 saturated heterocycles. The average molecular weight is 185 g/mol. The minimum atomic E-state index is 0.337. The zero-order valence-corrected chi connectivity index (χ0v) is 10.1. The predicted octanol–water partition coefficient (Wildman–Crippen LogP) is 3.58. The monoisotopic (exact) mass is 185 g/mol. The van der Waals surface area contributed by atoms with E-state index < -0.39 is 0 Å². The van der Waals surface area contributed by atoms with Crippen LogP contribution in [0.3, 0.4) is 0 Å². The third-order valence-corrected chi connectivity index (χ3v) is 2.56. The maximum Gasteiger partial charge on any atom is 0.00155 e. The van der Waals surface area contributed by atoms with Gasteiger partial charge in [0.15, 0.2) is 0 Å². The summed E-state index contributed by atoms with van der Waals surface area (Å²) in [5.41, 5.74) is 6.25. The van der Waals surface area contributed by atoms with E-state index in [1.807, 2.05) is 0 Å². The minimum absolute atomic E-state index is 0.337. The van der Waals surface area contributed by atoms with Gasteiger partial charge in [-0.1, -0.05) is 40.5 Å². The summed E-state index contributed by atoms with van der Waals surface area (Å²) in [4.78, 5) is 0. The van der Waals surface area contributed by atoms with Gasteiger partial charge in [0.2, 0.25) is 0 Å². The van der Waals surface area contributed by atoms with E-state index in [0.29, 0.717) is 11.5 Å². The van der Waals surface area contributed by atoms with Crippen molar-refractivity contribution in [3.05, 3.63) is 0 Å². The highest BCUT2D eigenvalue weighted by Gasteiger charge is 2.21. The normalized spacial score (nSPS) is 17.1. The molecule has 0 rings (SSSR count). The van der Waals surface area contributed by atoms with Crippen LogP contribution < -0.4 is 5.73 Å². The quantitative estimate of drug-likeness (QED) is 0.672. The number of hydrogen-bond donors (Lipinski definition) is 1. The number of hydrogen-bond acceptors (Lipinski definition) is 1. The summed E-state index contributed by atoms with van der Waals surface area (Å²) in [7, 11) is 0. The summed E-state index contributed by atoms with van der Waals surface area (Å²) in [6, 6.07) is 0.337. The summed E-state index contributed by atoms with van der Waals surface area (Å²) in [5.74, 6) is 0.846. The molecule has 0 aromatic rings. The van der Waals surface area contributed by atoms with E-state index in [4.69, 9.17) is 5.73 Å². The molecular formula is C12H27N. The Morgan fingerprint density at radius 1 is 1.15 bits per heavy atom. The van der Waals surface area contributed by atoms with Gasteiger partial charge >= 0.3 is 0 Å². The molecule has 2 N–H and O–H groups in total. The Balaban J connectivity index is 3.85. The molecular weight excluding hydrogens is 158 g/mol. The summed E-state index contributed by atoms with van der Waals surface area (Å²) in [6.45, 7) is 11.4. The van der Waals surface area contributed by atoms with Crippen LogP contribution in [0.15, 0.2) is 0 Å². The third-order valence-electron chi connectivity index (χ3n) is 2.56. The van der Waals surface area contributed by atoms with E-state index in [1.165, 1.54) is 19.3 Å². The van der Waals surface area contributed by atoms with Crippen LogP contribution in [0, 0.1) is 11.3 Å². The van der Waals surface area contributed by atoms with Crippen molar-refractivity contribution < 1.29 is 0 Å². The Morgan fingerprint density at radius 2 is 1.69 bits per heavy atom. The van der Waals surface area contributed by atoms with E-state index in [-0.39, 0.29) is 0 Å². The van der Waals surface area contributed by atoms with Crippen molar-refractivity contribution in [2.75, 3.05) is 0 Å². The fourth-order valence-corrected chi connectivity index (χ4v) is 2.49. The topological polar surface area (TPSA) is 26.0 Å². The molecule has 0 saturated carbocycles. The first-order valence-corrected chi connectivity index (χ1v) is 5.63. The maximum atomic E-state index is 5.83. The van der Waals surface area contributed by atoms with E-state index in [9.17, 15) is 0 Å². The molecule has 0 fully saturated rings. The average Bonchev–Trinajstić information content (AvgIpc) is 1.81. The lowest BCUT2D eigenvalue weighted by molar-refractivity contribution is 0.235. The van der Waals surface area contributed by atoms with Gasteiger partial charge < -0.3 is 5.73 Å². The Hall–Kier alpha value is -0.0400. The first-order valence-electron chi connectivity index (χ1n) is 5.63. The van der Waals surface area contributed by atoms with Crippen molar-refractivity contribution in [1.82, 2.24) is 0 Å². The van der Waals surface area contributed by atoms with Gasteiger partial charge in [-0.15, -0.1) is 0 Å². The van der Waals surface area contributed by atoms with Crippen molar-refractivity contribution >= 4 is 0 Å². The zero-order valence-electron chi connectivity index (χ0n) is 10.1. The van der Waals surface area contributed by atoms with Crippen LogP contribution in [0.2, 0.25) is 0 Å². The van der Waals surface area contributed by atoms with E-state index >= 15 is 0 Å². The van der Waals surface area contributed by atoms with E-state index in [2.05, 4.69) is 34.6 Å². The minimum Gasteiger partial charge on any atom is -0.328 e. The highest BCUT2D eigenvalue weighted by atomic mass is 14.6. The summed E-state index contributed by atoms with van der Waals surface area (Å²) < 4.78 is 0. The Morgan fingerprint density at radius 3 is 2.08 bits per heavy atom. The van der Waals surface area contributed by atoms with E-state index in [1.54, 1.807) is 0 Å². The molecule has 0 bridgehead atoms. The van der Waals surface area contributed by atoms with Gasteiger partial charge in [-0.25, -0.2) is 0 Å². The smallest absolute Gasteiger partial charge is 0.00155 e. The molecule has 0 aliphatic heterocycles. The van der Waals surface area contributed by atoms with Crippen LogP contribution in [0.4, 0.5) is 0 Å². The number of rotatable bonds is 6. The fourth-order valence-electron chi connectivity index (χ4n) is 2.49. The zero-order chi connectivity index (χ0) is 10.5. The van der Waals surface area contributed by atoms with Gasteiger partial charge in [0, 0.05) is 6.04 Å². The lowest BCUT2D eigenvalue weighted by Gasteiger charge is -2.29. The third kappa shape index (κ3) is 7.06. The molecule has 0 aromatic carbocycles. The molecule has 2 unspecified atom stereocenters. The Bertz CT molecular complexity index is 127. The molecule has 0 spiro atoms. The highest BCUT2D eigenvalue weighted by Crippen LogP contribution is 2.31. The van der Waals surface area contributed by atoms with Crippen molar-refractivity contribution in [3.63, 3.8) is 0 Å². The second-order valence-electron chi connectivity index (χ2n) is 5.44. The van der Waals surface area contributed by atoms with Gasteiger partial charge in [0.05, 0.1) is 0 Å². The predicted molar refractivity (Wildman–Crippen MR) is 60.7 cm³/mol. The van der Waals surface area contributed by atoms with Gasteiger partial charge in [-0.2, -0.15) is 0 Å². The molecule has 0 aromatic heterocycles. The first kappa shape index (κ1) is 13.0. The van der Waals surface area contributed by atoms with Gasteiger partial charge in [0.25, 0.3) is 0 Å². The molecule has 0 amide bonds. The standard InChI is InChI=1S/C12H27N/c1-6-7-10(2)8-12(4,5)9-11(3)13/h10-11H,6-9,13H2,1-5H3. The summed E-state index contributed by atoms with van der Waals surface area (Å²) in [5, 5.41) is 0. The lowest BCUT2D eigenvalue weighted by atomic mass is 9.78. The van der Waals surface area contributed by atoms with E-state index in [0.717, 1.165) is 12.3 Å². The molecule has 0 aliphatic carbocycles. The molecule has 2 atom stereocenters. The van der Waals surface area contributed by atoms with Crippen molar-refractivity contribution in [2.45, 2.75) is 66.3 Å². The first-order chi connectivity index (χ1) is 5.87. The van der Waals surface area contributed by atoms with Crippen LogP contribution in [0.5, 0.6) is 0 Å². The maximum absolute atomic E-state index is 5.83. The van der Waals surface area contributed by atoms with Crippen LogP contribution >= 0.6 is 0 Å². The van der Waals surface area contributed by atoms with Crippen LogP contribution in [0.1, 0.15) is 60.3 Å². The Labute approximate surface area is 84.1 Å². The van der Waals surface area contributed by atoms with Crippen molar-refractivity contribution in [3.8, 4) is 0 Å². The Kier molecular flexibility index (Phi) is 5.62.